The van der Waals surface area contributed by atoms with Crippen LogP contribution in [0.2, 0.25) is 0 Å². The maximum Gasteiger partial charge on any atom is 0.324 e. The highest BCUT2D eigenvalue weighted by molar-refractivity contribution is 7.15. The van der Waals surface area contributed by atoms with E-state index in [4.69, 9.17) is 9.47 Å². The Bertz CT molecular complexity index is 432. The molecule has 1 saturated heterocycles. The van der Waals surface area contributed by atoms with Crippen LogP contribution >= 0.6 is 11.3 Å². The van der Waals surface area contributed by atoms with E-state index < -0.39 is 5.79 Å². The minimum atomic E-state index is -0.506. The molecule has 0 spiro atoms. The van der Waals surface area contributed by atoms with Crippen LogP contribution in [0.3, 0.4) is 0 Å². The van der Waals surface area contributed by atoms with Crippen molar-refractivity contribution in [2.24, 2.45) is 0 Å². The molecule has 0 aliphatic carbocycles. The van der Waals surface area contributed by atoms with Gasteiger partial charge < -0.3 is 14.8 Å². The van der Waals surface area contributed by atoms with Crippen LogP contribution in [0.1, 0.15) is 18.7 Å². The van der Waals surface area contributed by atoms with Gasteiger partial charge in [0.15, 0.2) is 5.79 Å². The molecule has 1 aliphatic rings. The molecule has 1 aliphatic heterocycles. The molecule has 7 heteroatoms. The van der Waals surface area contributed by atoms with Gasteiger partial charge in [0.25, 0.3) is 0 Å². The van der Waals surface area contributed by atoms with Crippen LogP contribution in [0.4, 0.5) is 5.00 Å². The number of nitrogens with zero attached hydrogens (tertiary/aromatic N) is 1. The Morgan fingerprint density at radius 1 is 1.61 bits per heavy atom. The first-order valence-corrected chi connectivity index (χ1v) is 6.53. The molecule has 6 nitrogen and oxygen atoms in total. The predicted molar refractivity (Wildman–Crippen MR) is 67.6 cm³/mol. The maximum absolute atomic E-state index is 10.5. The summed E-state index contributed by atoms with van der Waals surface area (Å²) in [6.45, 7) is 5.63. The second-order valence-corrected chi connectivity index (χ2v) is 5.73. The lowest BCUT2D eigenvalue weighted by atomic mass is 10.3. The molecule has 1 N–H and O–H groups in total. The Kier molecular flexibility index (Phi) is 3.96. The Labute approximate surface area is 109 Å². The van der Waals surface area contributed by atoms with Crippen molar-refractivity contribution < 1.29 is 14.4 Å². The normalized spacial score (nSPS) is 22.2. The standard InChI is InChI=1S/C11H16N2O4S/c1-11(2)16-7-8(17-11)5-12-6-9-3-4-10(18-9)13(14)15/h3-4,8,12H,5-7H2,1-2H3. The molecule has 1 unspecified atom stereocenters. The third kappa shape index (κ3) is 3.49. The molecule has 0 radical (unpaired) electrons. The molecule has 1 aromatic heterocycles. The summed E-state index contributed by atoms with van der Waals surface area (Å²) in [4.78, 5) is 11.1. The van der Waals surface area contributed by atoms with Gasteiger partial charge in [0.2, 0.25) is 0 Å². The molecule has 2 rings (SSSR count). The van der Waals surface area contributed by atoms with Crippen molar-refractivity contribution in [3.8, 4) is 0 Å². The van der Waals surface area contributed by atoms with Gasteiger partial charge in [-0.05, 0) is 19.9 Å². The monoisotopic (exact) mass is 272 g/mol. The topological polar surface area (TPSA) is 73.6 Å². The second kappa shape index (κ2) is 5.31. The highest BCUT2D eigenvalue weighted by Gasteiger charge is 2.32. The van der Waals surface area contributed by atoms with Gasteiger partial charge >= 0.3 is 5.00 Å². The quantitative estimate of drug-likeness (QED) is 0.654. The molecule has 100 valence electrons. The van der Waals surface area contributed by atoms with E-state index in [9.17, 15) is 10.1 Å². The van der Waals surface area contributed by atoms with Crippen molar-refractivity contribution in [1.29, 1.82) is 0 Å². The molecule has 0 aromatic carbocycles. The molecule has 1 atom stereocenters. The number of thiophene rings is 1. The minimum Gasteiger partial charge on any atom is -0.348 e. The fourth-order valence-electron chi connectivity index (χ4n) is 1.78. The van der Waals surface area contributed by atoms with Crippen molar-refractivity contribution in [2.75, 3.05) is 13.2 Å². The summed E-state index contributed by atoms with van der Waals surface area (Å²) in [5.74, 6) is -0.506. The summed E-state index contributed by atoms with van der Waals surface area (Å²) in [5, 5.41) is 13.9. The minimum absolute atomic E-state index is 0.0370. The van der Waals surface area contributed by atoms with Crippen LogP contribution in [-0.4, -0.2) is 30.0 Å². The van der Waals surface area contributed by atoms with E-state index in [0.29, 0.717) is 19.7 Å². The number of hydrogen-bond acceptors (Lipinski definition) is 6. The van der Waals surface area contributed by atoms with Crippen molar-refractivity contribution in [3.05, 3.63) is 27.1 Å². The number of rotatable bonds is 5. The summed E-state index contributed by atoms with van der Waals surface area (Å²) in [7, 11) is 0. The van der Waals surface area contributed by atoms with E-state index in [2.05, 4.69) is 5.32 Å². The van der Waals surface area contributed by atoms with E-state index in [-0.39, 0.29) is 16.0 Å². The maximum atomic E-state index is 10.5. The average Bonchev–Trinajstić information content (AvgIpc) is 2.86. The van der Waals surface area contributed by atoms with E-state index >= 15 is 0 Å². The van der Waals surface area contributed by atoms with Gasteiger partial charge in [-0.15, -0.1) is 0 Å². The zero-order chi connectivity index (χ0) is 13.2. The number of ether oxygens (including phenoxy) is 2. The van der Waals surface area contributed by atoms with Crippen molar-refractivity contribution in [3.63, 3.8) is 0 Å². The van der Waals surface area contributed by atoms with Crippen LogP contribution < -0.4 is 5.32 Å². The van der Waals surface area contributed by atoms with E-state index in [1.54, 1.807) is 6.07 Å². The highest BCUT2D eigenvalue weighted by atomic mass is 32.1. The zero-order valence-electron chi connectivity index (χ0n) is 10.3. The lowest BCUT2D eigenvalue weighted by molar-refractivity contribution is -0.380. The van der Waals surface area contributed by atoms with Gasteiger partial charge in [0.05, 0.1) is 17.6 Å². The summed E-state index contributed by atoms with van der Waals surface area (Å²) < 4.78 is 11.1. The summed E-state index contributed by atoms with van der Waals surface area (Å²) in [5.41, 5.74) is 0. The molecular formula is C11H16N2O4S. The lowest BCUT2D eigenvalue weighted by Crippen LogP contribution is -2.30. The third-order valence-corrected chi connectivity index (χ3v) is 3.60. The van der Waals surface area contributed by atoms with Gasteiger partial charge in [0.1, 0.15) is 0 Å². The molecule has 1 fully saturated rings. The summed E-state index contributed by atoms with van der Waals surface area (Å²) in [6.07, 6.45) is 0.0370. The average molecular weight is 272 g/mol. The Morgan fingerprint density at radius 2 is 2.39 bits per heavy atom. The molecule has 0 amide bonds. The van der Waals surface area contributed by atoms with Crippen molar-refractivity contribution in [1.82, 2.24) is 5.32 Å². The highest BCUT2D eigenvalue weighted by Crippen LogP contribution is 2.24. The van der Waals surface area contributed by atoms with Crippen LogP contribution in [0.5, 0.6) is 0 Å². The largest absolute Gasteiger partial charge is 0.348 e. The van der Waals surface area contributed by atoms with E-state index in [1.165, 1.54) is 17.4 Å². The number of nitro groups is 1. The number of hydrogen-bond donors (Lipinski definition) is 1. The number of nitrogens with one attached hydrogen (secondary N) is 1. The second-order valence-electron chi connectivity index (χ2n) is 4.58. The fourth-order valence-corrected chi connectivity index (χ4v) is 2.57. The van der Waals surface area contributed by atoms with Crippen LogP contribution in [0.25, 0.3) is 0 Å². The van der Waals surface area contributed by atoms with E-state index in [1.807, 2.05) is 13.8 Å². The fraction of sp³-hybridized carbons (Fsp3) is 0.636. The SMILES string of the molecule is CC1(C)OCC(CNCc2ccc([N+](=O)[O-])s2)O1. The van der Waals surface area contributed by atoms with Crippen LogP contribution in [0.15, 0.2) is 12.1 Å². The first-order chi connectivity index (χ1) is 8.46. The Morgan fingerprint density at radius 3 is 2.94 bits per heavy atom. The summed E-state index contributed by atoms with van der Waals surface area (Å²) in [6, 6.07) is 3.30. The smallest absolute Gasteiger partial charge is 0.324 e. The van der Waals surface area contributed by atoms with Crippen LogP contribution in [-0.2, 0) is 16.0 Å². The molecule has 18 heavy (non-hydrogen) atoms. The Balaban J connectivity index is 1.74. The zero-order valence-corrected chi connectivity index (χ0v) is 11.2. The molecule has 0 saturated carbocycles. The van der Waals surface area contributed by atoms with Crippen LogP contribution in [0, 0.1) is 10.1 Å². The lowest BCUT2D eigenvalue weighted by Gasteiger charge is -2.17. The summed E-state index contributed by atoms with van der Waals surface area (Å²) >= 11 is 1.19. The van der Waals surface area contributed by atoms with E-state index in [0.717, 1.165) is 4.88 Å². The first kappa shape index (κ1) is 13.4. The molecule has 1 aromatic rings. The Hall–Kier alpha value is -1.02. The van der Waals surface area contributed by atoms with Crippen molar-refractivity contribution >= 4 is 16.3 Å². The van der Waals surface area contributed by atoms with Gasteiger partial charge in [-0.25, -0.2) is 0 Å². The van der Waals surface area contributed by atoms with Gasteiger partial charge in [-0.2, -0.15) is 0 Å². The van der Waals surface area contributed by atoms with Gasteiger partial charge in [-0.3, -0.25) is 10.1 Å². The predicted octanol–water partition coefficient (Wildman–Crippen LogP) is 1.90. The third-order valence-electron chi connectivity index (χ3n) is 2.57. The van der Waals surface area contributed by atoms with Gasteiger partial charge in [0, 0.05) is 24.0 Å². The molecule has 0 bridgehead atoms. The molecule has 2 heterocycles. The first-order valence-electron chi connectivity index (χ1n) is 5.72. The van der Waals surface area contributed by atoms with Crippen molar-refractivity contribution in [2.45, 2.75) is 32.3 Å². The molecular weight excluding hydrogens is 256 g/mol. The van der Waals surface area contributed by atoms with Gasteiger partial charge in [-0.1, -0.05) is 11.3 Å².